The minimum atomic E-state index is -0.802. The first kappa shape index (κ1) is 17.3. The van der Waals surface area contributed by atoms with Crippen molar-refractivity contribution in [3.05, 3.63) is 23.8 Å². The number of hydrogen-bond donors (Lipinski definition) is 1. The number of amides is 1. The second-order valence-corrected chi connectivity index (χ2v) is 6.65. The van der Waals surface area contributed by atoms with Crippen molar-refractivity contribution >= 4 is 12.1 Å². The molecule has 1 atom stereocenters. The van der Waals surface area contributed by atoms with Crippen LogP contribution < -0.4 is 5.32 Å². The maximum Gasteiger partial charge on any atom is 0.408 e. The van der Waals surface area contributed by atoms with Gasteiger partial charge in [-0.2, -0.15) is 0 Å². The molecule has 118 valence electrons. The molecule has 0 bridgehead atoms. The lowest BCUT2D eigenvalue weighted by Gasteiger charge is -2.34. The lowest BCUT2D eigenvalue weighted by atomic mass is 9.76. The molecule has 21 heavy (non-hydrogen) atoms. The maximum absolute atomic E-state index is 12.1. The molecule has 0 aliphatic heterocycles. The lowest BCUT2D eigenvalue weighted by molar-refractivity contribution is -0.145. The highest BCUT2D eigenvalue weighted by Crippen LogP contribution is 2.35. The van der Waals surface area contributed by atoms with Gasteiger partial charge in [0.1, 0.15) is 11.6 Å². The molecule has 0 heterocycles. The van der Waals surface area contributed by atoms with Crippen LogP contribution in [0.15, 0.2) is 23.8 Å². The summed E-state index contributed by atoms with van der Waals surface area (Å²) in [6.07, 6.45) is 6.05. The summed E-state index contributed by atoms with van der Waals surface area (Å²) < 4.78 is 10.1. The predicted molar refractivity (Wildman–Crippen MR) is 80.8 cm³/mol. The highest BCUT2D eigenvalue weighted by Gasteiger charge is 2.40. The van der Waals surface area contributed by atoms with E-state index < -0.39 is 29.1 Å². The zero-order chi connectivity index (χ0) is 16.3. The molecule has 1 rings (SSSR count). The molecule has 0 saturated heterocycles. The molecular weight excluding hydrogens is 270 g/mol. The van der Waals surface area contributed by atoms with Gasteiger partial charge in [-0.15, -0.1) is 0 Å². The van der Waals surface area contributed by atoms with E-state index in [0.717, 1.165) is 12.0 Å². The van der Waals surface area contributed by atoms with Crippen molar-refractivity contribution in [3.8, 4) is 0 Å². The van der Waals surface area contributed by atoms with Crippen LogP contribution in [-0.2, 0) is 14.3 Å². The van der Waals surface area contributed by atoms with Crippen LogP contribution in [0, 0.1) is 5.41 Å². The zero-order valence-corrected chi connectivity index (χ0v) is 13.6. The Morgan fingerprint density at radius 3 is 2.29 bits per heavy atom. The molecule has 0 fully saturated rings. The second kappa shape index (κ2) is 6.33. The van der Waals surface area contributed by atoms with Crippen LogP contribution in [0.5, 0.6) is 0 Å². The number of carbonyl (C=O) groups is 2. The Morgan fingerprint density at radius 1 is 1.24 bits per heavy atom. The lowest BCUT2D eigenvalue weighted by Crippen LogP contribution is -2.52. The van der Waals surface area contributed by atoms with Crippen molar-refractivity contribution in [2.75, 3.05) is 7.11 Å². The third kappa shape index (κ3) is 4.62. The predicted octanol–water partition coefficient (Wildman–Crippen LogP) is 2.97. The van der Waals surface area contributed by atoms with Crippen LogP contribution in [0.2, 0.25) is 0 Å². The number of esters is 1. The van der Waals surface area contributed by atoms with Gasteiger partial charge < -0.3 is 14.8 Å². The van der Waals surface area contributed by atoms with Crippen LogP contribution in [0.1, 0.15) is 41.0 Å². The smallest absolute Gasteiger partial charge is 0.408 e. The Hall–Kier alpha value is -1.78. The molecule has 0 spiro atoms. The molecule has 0 radical (unpaired) electrons. The molecule has 0 aromatic rings. The monoisotopic (exact) mass is 295 g/mol. The first-order chi connectivity index (χ1) is 9.58. The third-order valence-corrected chi connectivity index (χ3v) is 3.42. The average Bonchev–Trinajstić information content (AvgIpc) is 2.87. The van der Waals surface area contributed by atoms with E-state index in [1.807, 2.05) is 32.1 Å². The van der Waals surface area contributed by atoms with E-state index in [4.69, 9.17) is 9.47 Å². The summed E-state index contributed by atoms with van der Waals surface area (Å²) in [6.45, 7) is 9.13. The molecule has 5 nitrogen and oxygen atoms in total. The van der Waals surface area contributed by atoms with E-state index in [9.17, 15) is 9.59 Å². The van der Waals surface area contributed by atoms with Gasteiger partial charge in [0.15, 0.2) is 0 Å². The molecule has 1 amide bonds. The summed E-state index contributed by atoms with van der Waals surface area (Å²) in [5.74, 6) is -0.487. The third-order valence-electron chi connectivity index (χ3n) is 3.42. The largest absolute Gasteiger partial charge is 0.467 e. The molecule has 0 aromatic heterocycles. The summed E-state index contributed by atoms with van der Waals surface area (Å²) in [6, 6.07) is -0.802. The molecule has 0 saturated carbocycles. The van der Waals surface area contributed by atoms with Gasteiger partial charge in [-0.3, -0.25) is 0 Å². The SMILES string of the molecule is COC(=O)[C@H](NC(=O)OC(C)(C)C)C(C)(C)C1=CC=CC1. The van der Waals surface area contributed by atoms with Crippen molar-refractivity contribution in [2.45, 2.75) is 52.7 Å². The Balaban J connectivity index is 2.91. The quantitative estimate of drug-likeness (QED) is 0.810. The van der Waals surface area contributed by atoms with Crippen LogP contribution in [0.25, 0.3) is 0 Å². The Bertz CT molecular complexity index is 469. The number of rotatable bonds is 4. The number of allylic oxidation sites excluding steroid dienone is 3. The highest BCUT2D eigenvalue weighted by atomic mass is 16.6. The zero-order valence-electron chi connectivity index (χ0n) is 13.6. The average molecular weight is 295 g/mol. The summed E-state index contributed by atoms with van der Waals surface area (Å²) in [4.78, 5) is 24.1. The number of methoxy groups -OCH3 is 1. The fraction of sp³-hybridized carbons (Fsp3) is 0.625. The van der Waals surface area contributed by atoms with Crippen LogP contribution in [0.3, 0.4) is 0 Å². The summed E-state index contributed by atoms with van der Waals surface area (Å²) in [5.41, 5.74) is -0.120. The summed E-state index contributed by atoms with van der Waals surface area (Å²) in [5, 5.41) is 2.64. The second-order valence-electron chi connectivity index (χ2n) is 6.65. The van der Waals surface area contributed by atoms with E-state index in [-0.39, 0.29) is 0 Å². The van der Waals surface area contributed by atoms with Crippen LogP contribution in [-0.4, -0.2) is 30.8 Å². The van der Waals surface area contributed by atoms with E-state index in [0.29, 0.717) is 0 Å². The van der Waals surface area contributed by atoms with Crippen LogP contribution >= 0.6 is 0 Å². The number of ether oxygens (including phenoxy) is 2. The Morgan fingerprint density at radius 2 is 1.86 bits per heavy atom. The van der Waals surface area contributed by atoms with Crippen molar-refractivity contribution in [2.24, 2.45) is 5.41 Å². The van der Waals surface area contributed by atoms with Gasteiger partial charge in [-0.1, -0.05) is 37.6 Å². The van der Waals surface area contributed by atoms with Gasteiger partial charge in [-0.25, -0.2) is 9.59 Å². The van der Waals surface area contributed by atoms with E-state index >= 15 is 0 Å². The van der Waals surface area contributed by atoms with Gasteiger partial charge in [0, 0.05) is 5.41 Å². The number of nitrogens with one attached hydrogen (secondary N) is 1. The minimum Gasteiger partial charge on any atom is -0.467 e. The van der Waals surface area contributed by atoms with E-state index in [1.165, 1.54) is 7.11 Å². The Kier molecular flexibility index (Phi) is 5.20. The van der Waals surface area contributed by atoms with Crippen molar-refractivity contribution in [3.63, 3.8) is 0 Å². The number of carbonyl (C=O) groups excluding carboxylic acids is 2. The molecular formula is C16H25NO4. The molecule has 1 N–H and O–H groups in total. The van der Waals surface area contributed by atoms with Gasteiger partial charge in [-0.05, 0) is 27.2 Å². The van der Waals surface area contributed by atoms with Crippen molar-refractivity contribution in [1.29, 1.82) is 0 Å². The van der Waals surface area contributed by atoms with Gasteiger partial charge in [0.2, 0.25) is 0 Å². The normalized spacial score (nSPS) is 16.2. The topological polar surface area (TPSA) is 64.6 Å². The standard InChI is InChI=1S/C16H25NO4/c1-15(2,3)21-14(19)17-12(13(18)20-6)16(4,5)11-9-7-8-10-11/h7-9,12H,10H2,1-6H3,(H,17,19)/t12-/m0/s1. The van der Waals surface area contributed by atoms with Gasteiger partial charge >= 0.3 is 12.1 Å². The van der Waals surface area contributed by atoms with Crippen molar-refractivity contribution < 1.29 is 19.1 Å². The Labute approximate surface area is 126 Å². The molecule has 0 unspecified atom stereocenters. The van der Waals surface area contributed by atoms with E-state index in [2.05, 4.69) is 5.32 Å². The summed E-state index contributed by atoms with van der Waals surface area (Å²) in [7, 11) is 1.31. The van der Waals surface area contributed by atoms with Gasteiger partial charge in [0.05, 0.1) is 7.11 Å². The van der Waals surface area contributed by atoms with Gasteiger partial charge in [0.25, 0.3) is 0 Å². The first-order valence-corrected chi connectivity index (χ1v) is 7.01. The fourth-order valence-electron chi connectivity index (χ4n) is 2.19. The summed E-state index contributed by atoms with van der Waals surface area (Å²) >= 11 is 0. The molecule has 1 aliphatic carbocycles. The number of hydrogen-bond acceptors (Lipinski definition) is 4. The molecule has 0 aromatic carbocycles. The number of alkyl carbamates (subject to hydrolysis) is 1. The molecule has 1 aliphatic rings. The molecule has 5 heteroatoms. The highest BCUT2D eigenvalue weighted by molar-refractivity contribution is 5.83. The van der Waals surface area contributed by atoms with E-state index in [1.54, 1.807) is 20.8 Å². The van der Waals surface area contributed by atoms with Crippen molar-refractivity contribution in [1.82, 2.24) is 5.32 Å². The fourth-order valence-corrected chi connectivity index (χ4v) is 2.19. The van der Waals surface area contributed by atoms with Crippen LogP contribution in [0.4, 0.5) is 4.79 Å². The minimum absolute atomic E-state index is 0.487. The first-order valence-electron chi connectivity index (χ1n) is 7.01. The maximum atomic E-state index is 12.1.